The van der Waals surface area contributed by atoms with Gasteiger partial charge in [-0.1, -0.05) is 23.1 Å². The Kier molecular flexibility index (Phi) is 4.15. The van der Waals surface area contributed by atoms with Gasteiger partial charge in [0.15, 0.2) is 4.34 Å². The minimum Gasteiger partial charge on any atom is -0.316 e. The van der Waals surface area contributed by atoms with Gasteiger partial charge in [-0.05, 0) is 13.3 Å². The van der Waals surface area contributed by atoms with Gasteiger partial charge in [-0.3, -0.25) is 0 Å². The molecule has 0 spiro atoms. The van der Waals surface area contributed by atoms with Crippen LogP contribution in [-0.2, 0) is 0 Å². The molecule has 0 bridgehead atoms. The summed E-state index contributed by atoms with van der Waals surface area (Å²) in [5.74, 6) is 0.823. The lowest BCUT2D eigenvalue weighted by Crippen LogP contribution is -2.17. The van der Waals surface area contributed by atoms with Gasteiger partial charge in [-0.15, -0.1) is 10.2 Å². The highest BCUT2D eigenvalue weighted by Gasteiger charge is 2.03. The van der Waals surface area contributed by atoms with Crippen molar-refractivity contribution in [3.8, 4) is 6.07 Å². The van der Waals surface area contributed by atoms with E-state index in [0.29, 0.717) is 6.42 Å². The van der Waals surface area contributed by atoms with Crippen LogP contribution < -0.4 is 5.73 Å². The molecular weight excluding hydrogens is 204 g/mol. The van der Waals surface area contributed by atoms with Crippen LogP contribution in [0.2, 0.25) is 0 Å². The first kappa shape index (κ1) is 10.4. The van der Waals surface area contributed by atoms with Crippen molar-refractivity contribution in [1.82, 2.24) is 10.2 Å². The van der Waals surface area contributed by atoms with Gasteiger partial charge in [-0.25, -0.2) is 0 Å². The number of thioether (sulfide) groups is 1. The smallest absolute Gasteiger partial charge is 0.174 e. The van der Waals surface area contributed by atoms with E-state index in [4.69, 9.17) is 11.0 Å². The number of nitriles is 1. The van der Waals surface area contributed by atoms with Crippen LogP contribution >= 0.6 is 23.1 Å². The van der Waals surface area contributed by atoms with E-state index >= 15 is 0 Å². The zero-order chi connectivity index (χ0) is 9.68. The fraction of sp³-hybridized carbons (Fsp3) is 0.571. The zero-order valence-corrected chi connectivity index (χ0v) is 8.86. The third kappa shape index (κ3) is 3.72. The van der Waals surface area contributed by atoms with E-state index in [0.717, 1.165) is 15.1 Å². The first-order valence-corrected chi connectivity index (χ1v) is 5.60. The summed E-state index contributed by atoms with van der Waals surface area (Å²) in [6.07, 6.45) is 0.694. The zero-order valence-electron chi connectivity index (χ0n) is 7.23. The maximum Gasteiger partial charge on any atom is 0.174 e. The Morgan fingerprint density at radius 3 is 3.00 bits per heavy atom. The Bertz CT molecular complexity index is 304. The van der Waals surface area contributed by atoms with Gasteiger partial charge < -0.3 is 5.73 Å². The minimum atomic E-state index is -0.360. The third-order valence-corrected chi connectivity index (χ3v) is 3.33. The molecule has 6 heteroatoms. The van der Waals surface area contributed by atoms with Gasteiger partial charge >= 0.3 is 0 Å². The summed E-state index contributed by atoms with van der Waals surface area (Å²) in [4.78, 5) is 0. The van der Waals surface area contributed by atoms with Crippen molar-refractivity contribution in [3.63, 3.8) is 0 Å². The maximum absolute atomic E-state index is 8.43. The molecule has 1 atom stereocenters. The van der Waals surface area contributed by atoms with Crippen molar-refractivity contribution in [1.29, 1.82) is 5.26 Å². The molecule has 0 aliphatic carbocycles. The Morgan fingerprint density at radius 2 is 2.46 bits per heavy atom. The molecule has 0 radical (unpaired) electrons. The van der Waals surface area contributed by atoms with Crippen LogP contribution in [0.3, 0.4) is 0 Å². The van der Waals surface area contributed by atoms with Crippen molar-refractivity contribution < 1.29 is 0 Å². The fourth-order valence-corrected chi connectivity index (χ4v) is 2.58. The number of nitrogens with zero attached hydrogens (tertiary/aromatic N) is 3. The normalized spacial score (nSPS) is 12.4. The molecule has 1 rings (SSSR count). The average Bonchev–Trinajstić information content (AvgIpc) is 2.51. The minimum absolute atomic E-state index is 0.360. The summed E-state index contributed by atoms with van der Waals surface area (Å²) in [7, 11) is 0. The molecule has 0 saturated heterocycles. The van der Waals surface area contributed by atoms with Crippen LogP contribution in [-0.4, -0.2) is 22.0 Å². The van der Waals surface area contributed by atoms with Gasteiger partial charge in [0.05, 0.1) is 12.1 Å². The highest BCUT2D eigenvalue weighted by Crippen LogP contribution is 2.22. The van der Waals surface area contributed by atoms with E-state index in [2.05, 4.69) is 10.2 Å². The molecule has 0 saturated carbocycles. The molecule has 0 aromatic carbocycles. The highest BCUT2D eigenvalue weighted by molar-refractivity contribution is 8.01. The Hall–Kier alpha value is -0.640. The van der Waals surface area contributed by atoms with E-state index in [1.807, 2.05) is 13.0 Å². The van der Waals surface area contributed by atoms with Crippen molar-refractivity contribution in [2.45, 2.75) is 23.7 Å². The molecule has 2 N–H and O–H groups in total. The predicted molar refractivity (Wildman–Crippen MR) is 53.6 cm³/mol. The quantitative estimate of drug-likeness (QED) is 0.762. The standard InChI is InChI=1S/C7H10N4S2/c1-5-10-11-7(13-5)12-3-2-6(9)4-8/h6H,2-3,9H2,1H3. The number of aromatic nitrogens is 2. The second kappa shape index (κ2) is 5.17. The second-order valence-electron chi connectivity index (χ2n) is 2.46. The van der Waals surface area contributed by atoms with Crippen molar-refractivity contribution in [2.75, 3.05) is 5.75 Å². The van der Waals surface area contributed by atoms with Crippen LogP contribution in [0.1, 0.15) is 11.4 Å². The van der Waals surface area contributed by atoms with Crippen molar-refractivity contribution in [3.05, 3.63) is 5.01 Å². The summed E-state index contributed by atoms with van der Waals surface area (Å²) in [6.45, 7) is 1.92. The number of aryl methyl sites for hydroxylation is 1. The summed E-state index contributed by atoms with van der Waals surface area (Å²) in [6, 6.07) is 1.63. The fourth-order valence-electron chi connectivity index (χ4n) is 0.675. The van der Waals surface area contributed by atoms with Gasteiger partial charge in [0.25, 0.3) is 0 Å². The summed E-state index contributed by atoms with van der Waals surface area (Å²) in [5, 5.41) is 17.2. The first-order valence-electron chi connectivity index (χ1n) is 3.80. The average molecular weight is 214 g/mol. The Balaban J connectivity index is 2.25. The Labute approximate surface area is 85.2 Å². The Morgan fingerprint density at radius 1 is 1.69 bits per heavy atom. The molecule has 0 aliphatic rings. The summed E-state index contributed by atoms with van der Waals surface area (Å²) < 4.78 is 0.947. The summed E-state index contributed by atoms with van der Waals surface area (Å²) in [5.41, 5.74) is 5.44. The summed E-state index contributed by atoms with van der Waals surface area (Å²) >= 11 is 3.16. The van der Waals surface area contributed by atoms with Crippen LogP contribution in [0.5, 0.6) is 0 Å². The van der Waals surface area contributed by atoms with Crippen molar-refractivity contribution in [2.24, 2.45) is 5.73 Å². The monoisotopic (exact) mass is 214 g/mol. The SMILES string of the molecule is Cc1nnc(SCCC(N)C#N)s1. The highest BCUT2D eigenvalue weighted by atomic mass is 32.2. The molecule has 1 aromatic heterocycles. The molecular formula is C7H10N4S2. The maximum atomic E-state index is 8.43. The molecule has 0 fully saturated rings. The van der Waals surface area contributed by atoms with Crippen molar-refractivity contribution >= 4 is 23.1 Å². The van der Waals surface area contributed by atoms with E-state index in [-0.39, 0.29) is 6.04 Å². The molecule has 0 aliphatic heterocycles. The molecule has 0 amide bonds. The van der Waals surface area contributed by atoms with Gasteiger partial charge in [0.2, 0.25) is 0 Å². The van der Waals surface area contributed by atoms with Crippen LogP contribution in [0.15, 0.2) is 4.34 Å². The molecule has 1 aromatic rings. The lowest BCUT2D eigenvalue weighted by Gasteiger charge is -1.98. The molecule has 1 heterocycles. The molecule has 70 valence electrons. The van der Waals surface area contributed by atoms with E-state index in [1.54, 1.807) is 23.1 Å². The van der Waals surface area contributed by atoms with Crippen LogP contribution in [0.25, 0.3) is 0 Å². The van der Waals surface area contributed by atoms with Gasteiger partial charge in [0.1, 0.15) is 5.01 Å². The predicted octanol–water partition coefficient (Wildman–Crippen LogP) is 1.18. The largest absolute Gasteiger partial charge is 0.316 e. The van der Waals surface area contributed by atoms with E-state index in [9.17, 15) is 0 Å². The molecule has 13 heavy (non-hydrogen) atoms. The number of nitrogens with two attached hydrogens (primary N) is 1. The second-order valence-corrected chi connectivity index (χ2v) is 4.98. The number of rotatable bonds is 4. The lowest BCUT2D eigenvalue weighted by atomic mass is 10.3. The van der Waals surface area contributed by atoms with E-state index in [1.165, 1.54) is 0 Å². The topological polar surface area (TPSA) is 75.6 Å². The van der Waals surface area contributed by atoms with Crippen LogP contribution in [0, 0.1) is 18.3 Å². The van der Waals surface area contributed by atoms with Gasteiger partial charge in [0, 0.05) is 5.75 Å². The van der Waals surface area contributed by atoms with Crippen LogP contribution in [0.4, 0.5) is 0 Å². The first-order chi connectivity index (χ1) is 6.22. The van der Waals surface area contributed by atoms with Gasteiger partial charge in [-0.2, -0.15) is 5.26 Å². The number of hydrogen-bond donors (Lipinski definition) is 1. The van der Waals surface area contributed by atoms with E-state index < -0.39 is 0 Å². The third-order valence-electron chi connectivity index (χ3n) is 1.33. The molecule has 4 nitrogen and oxygen atoms in total. The molecule has 1 unspecified atom stereocenters. The lowest BCUT2D eigenvalue weighted by molar-refractivity contribution is 0.802. The number of hydrogen-bond acceptors (Lipinski definition) is 6.